The van der Waals surface area contributed by atoms with Crippen molar-refractivity contribution in [1.82, 2.24) is 4.98 Å². The molecule has 58 valence electrons. The van der Waals surface area contributed by atoms with Crippen LogP contribution in [-0.2, 0) is 0 Å². The number of rotatable bonds is 1. The molecule has 0 radical (unpaired) electrons. The number of aromatic nitrogens is 1. The molecule has 0 saturated carbocycles. The molecule has 1 heterocycles. The van der Waals surface area contributed by atoms with Crippen molar-refractivity contribution in [1.29, 1.82) is 0 Å². The summed E-state index contributed by atoms with van der Waals surface area (Å²) in [6, 6.07) is 0. The molecule has 0 atom stereocenters. The molecule has 0 amide bonds. The van der Waals surface area contributed by atoms with E-state index in [-0.39, 0.29) is 0 Å². The first-order chi connectivity index (χ1) is 5.16. The van der Waals surface area contributed by atoms with E-state index in [4.69, 9.17) is 11.5 Å². The molecule has 0 aliphatic rings. The van der Waals surface area contributed by atoms with Crippen molar-refractivity contribution in [3.63, 3.8) is 0 Å². The number of pyridine rings is 1. The molecule has 3 heteroatoms. The maximum atomic E-state index is 5.66. The minimum Gasteiger partial charge on any atom is -0.396 e. The highest BCUT2D eigenvalue weighted by Gasteiger charge is 2.02. The van der Waals surface area contributed by atoms with Crippen LogP contribution in [0.2, 0.25) is 0 Å². The molecule has 0 aliphatic carbocycles. The topological polar surface area (TPSA) is 64.9 Å². The van der Waals surface area contributed by atoms with Crippen molar-refractivity contribution in [3.8, 4) is 0 Å². The van der Waals surface area contributed by atoms with Crippen LogP contribution in [0.25, 0.3) is 6.08 Å². The highest BCUT2D eigenvalue weighted by molar-refractivity contribution is 5.75. The second kappa shape index (κ2) is 2.62. The standard InChI is InChI=1S/C8H11N3/c1-3-6-4-11-5(2)7(9)8(6)10/h3-4H,1,9H2,2H3,(H2,10,11). The van der Waals surface area contributed by atoms with E-state index < -0.39 is 0 Å². The SMILES string of the molecule is C=Cc1cnc(C)c(N)c1N. The largest absolute Gasteiger partial charge is 0.396 e. The minimum atomic E-state index is 0.544. The van der Waals surface area contributed by atoms with Gasteiger partial charge in [0.25, 0.3) is 0 Å². The average molecular weight is 149 g/mol. The van der Waals surface area contributed by atoms with Gasteiger partial charge in [-0.3, -0.25) is 4.98 Å². The average Bonchev–Trinajstić information content (AvgIpc) is 2.01. The molecule has 0 bridgehead atoms. The van der Waals surface area contributed by atoms with Gasteiger partial charge in [-0.05, 0) is 6.92 Å². The molecule has 11 heavy (non-hydrogen) atoms. The lowest BCUT2D eigenvalue weighted by molar-refractivity contribution is 1.20. The maximum absolute atomic E-state index is 5.66. The lowest BCUT2D eigenvalue weighted by atomic mass is 10.2. The molecule has 0 aromatic carbocycles. The van der Waals surface area contributed by atoms with Crippen molar-refractivity contribution in [2.24, 2.45) is 0 Å². The number of nitrogens with zero attached hydrogens (tertiary/aromatic N) is 1. The lowest BCUT2D eigenvalue weighted by Crippen LogP contribution is -2.01. The van der Waals surface area contributed by atoms with Gasteiger partial charge in [-0.25, -0.2) is 0 Å². The molecular formula is C8H11N3. The van der Waals surface area contributed by atoms with E-state index >= 15 is 0 Å². The number of aryl methyl sites for hydroxylation is 1. The Balaban J connectivity index is 3.36. The molecule has 0 saturated heterocycles. The van der Waals surface area contributed by atoms with E-state index in [0.29, 0.717) is 11.4 Å². The summed E-state index contributed by atoms with van der Waals surface area (Å²) in [6.45, 7) is 5.40. The highest BCUT2D eigenvalue weighted by atomic mass is 14.8. The van der Waals surface area contributed by atoms with E-state index in [9.17, 15) is 0 Å². The summed E-state index contributed by atoms with van der Waals surface area (Å²) in [5, 5.41) is 0. The maximum Gasteiger partial charge on any atom is 0.0770 e. The Kier molecular flexibility index (Phi) is 1.81. The molecule has 4 N–H and O–H groups in total. The van der Waals surface area contributed by atoms with Gasteiger partial charge in [0.2, 0.25) is 0 Å². The van der Waals surface area contributed by atoms with Gasteiger partial charge in [-0.2, -0.15) is 0 Å². The van der Waals surface area contributed by atoms with Crippen LogP contribution in [0.15, 0.2) is 12.8 Å². The Morgan fingerprint density at radius 1 is 1.45 bits per heavy atom. The van der Waals surface area contributed by atoms with Crippen LogP contribution in [0.4, 0.5) is 11.4 Å². The van der Waals surface area contributed by atoms with Gasteiger partial charge in [0.1, 0.15) is 0 Å². The quantitative estimate of drug-likeness (QED) is 0.630. The zero-order valence-corrected chi connectivity index (χ0v) is 6.46. The van der Waals surface area contributed by atoms with Crippen molar-refractivity contribution in [2.75, 3.05) is 11.5 Å². The summed E-state index contributed by atoms with van der Waals surface area (Å²) in [5.41, 5.74) is 13.9. The first-order valence-corrected chi connectivity index (χ1v) is 3.29. The van der Waals surface area contributed by atoms with Crippen molar-refractivity contribution in [3.05, 3.63) is 24.0 Å². The van der Waals surface area contributed by atoms with Gasteiger partial charge in [0.15, 0.2) is 0 Å². The second-order valence-corrected chi connectivity index (χ2v) is 2.33. The molecule has 1 rings (SSSR count). The number of nitrogen functional groups attached to an aromatic ring is 2. The van der Waals surface area contributed by atoms with Crippen LogP contribution in [-0.4, -0.2) is 4.98 Å². The second-order valence-electron chi connectivity index (χ2n) is 2.33. The van der Waals surface area contributed by atoms with Gasteiger partial charge < -0.3 is 11.5 Å². The molecule has 3 nitrogen and oxygen atoms in total. The summed E-state index contributed by atoms with van der Waals surface area (Å²) in [4.78, 5) is 4.03. The van der Waals surface area contributed by atoms with Crippen LogP contribution < -0.4 is 11.5 Å². The van der Waals surface area contributed by atoms with E-state index in [1.807, 2.05) is 6.92 Å². The van der Waals surface area contributed by atoms with E-state index in [1.54, 1.807) is 12.3 Å². The smallest absolute Gasteiger partial charge is 0.0770 e. The number of hydrogen-bond donors (Lipinski definition) is 2. The van der Waals surface area contributed by atoms with Crippen LogP contribution in [0.1, 0.15) is 11.3 Å². The predicted molar refractivity (Wildman–Crippen MR) is 47.9 cm³/mol. The van der Waals surface area contributed by atoms with E-state index in [1.165, 1.54) is 0 Å². The van der Waals surface area contributed by atoms with Crippen LogP contribution >= 0.6 is 0 Å². The molecule has 0 unspecified atom stereocenters. The third kappa shape index (κ3) is 1.17. The normalized spacial score (nSPS) is 9.55. The molecule has 0 spiro atoms. The van der Waals surface area contributed by atoms with E-state index in [2.05, 4.69) is 11.6 Å². The Bertz CT molecular complexity index is 292. The van der Waals surface area contributed by atoms with Crippen LogP contribution in [0.5, 0.6) is 0 Å². The third-order valence-corrected chi connectivity index (χ3v) is 1.61. The summed E-state index contributed by atoms with van der Waals surface area (Å²) in [6.07, 6.45) is 3.30. The van der Waals surface area contributed by atoms with Gasteiger partial charge in [0, 0.05) is 11.8 Å². The number of hydrogen-bond acceptors (Lipinski definition) is 3. The Hall–Kier alpha value is -1.51. The Labute approximate surface area is 65.7 Å². The van der Waals surface area contributed by atoms with Crippen molar-refractivity contribution in [2.45, 2.75) is 6.92 Å². The fourth-order valence-corrected chi connectivity index (χ4v) is 0.819. The first kappa shape index (κ1) is 7.60. The molecule has 1 aromatic rings. The first-order valence-electron chi connectivity index (χ1n) is 3.29. The Morgan fingerprint density at radius 2 is 2.09 bits per heavy atom. The summed E-state index contributed by atoms with van der Waals surface area (Å²) >= 11 is 0. The summed E-state index contributed by atoms with van der Waals surface area (Å²) < 4.78 is 0. The fraction of sp³-hybridized carbons (Fsp3) is 0.125. The molecule has 0 fully saturated rings. The minimum absolute atomic E-state index is 0.544. The van der Waals surface area contributed by atoms with Gasteiger partial charge in [-0.1, -0.05) is 12.7 Å². The third-order valence-electron chi connectivity index (χ3n) is 1.61. The van der Waals surface area contributed by atoms with Crippen molar-refractivity contribution >= 4 is 17.5 Å². The summed E-state index contributed by atoms with van der Waals surface area (Å²) in [5.74, 6) is 0. The summed E-state index contributed by atoms with van der Waals surface area (Å²) in [7, 11) is 0. The van der Waals surface area contributed by atoms with Gasteiger partial charge in [-0.15, -0.1) is 0 Å². The predicted octanol–water partition coefficient (Wildman–Crippen LogP) is 1.20. The molecule has 1 aromatic heterocycles. The van der Waals surface area contributed by atoms with Gasteiger partial charge >= 0.3 is 0 Å². The number of nitrogens with two attached hydrogens (primary N) is 2. The molecular weight excluding hydrogens is 138 g/mol. The zero-order chi connectivity index (χ0) is 8.43. The zero-order valence-electron chi connectivity index (χ0n) is 6.46. The highest BCUT2D eigenvalue weighted by Crippen LogP contribution is 2.21. The van der Waals surface area contributed by atoms with Gasteiger partial charge in [0.05, 0.1) is 17.1 Å². The monoisotopic (exact) mass is 149 g/mol. The Morgan fingerprint density at radius 3 is 2.64 bits per heavy atom. The van der Waals surface area contributed by atoms with E-state index in [0.717, 1.165) is 11.3 Å². The fourth-order valence-electron chi connectivity index (χ4n) is 0.819. The van der Waals surface area contributed by atoms with Crippen LogP contribution in [0, 0.1) is 6.92 Å². The van der Waals surface area contributed by atoms with Crippen LogP contribution in [0.3, 0.4) is 0 Å². The number of anilines is 2. The molecule has 0 aliphatic heterocycles. The lowest BCUT2D eigenvalue weighted by Gasteiger charge is -2.05. The van der Waals surface area contributed by atoms with Crippen molar-refractivity contribution < 1.29 is 0 Å².